The number of nitrogens with zero attached hydrogens (tertiary/aromatic N) is 1. The second-order valence-electron chi connectivity index (χ2n) is 7.66. The van der Waals surface area contributed by atoms with Gasteiger partial charge in [0, 0.05) is 12.2 Å². The number of carbonyl (C=O) groups excluding carboxylic acids is 2. The number of nitrogens with one attached hydrogen (secondary N) is 1. The number of hydrogen-bond acceptors (Lipinski definition) is 3. The van der Waals surface area contributed by atoms with Gasteiger partial charge < -0.3 is 15.0 Å². The third-order valence-corrected chi connectivity index (χ3v) is 5.56. The van der Waals surface area contributed by atoms with E-state index in [-0.39, 0.29) is 18.2 Å². The van der Waals surface area contributed by atoms with Gasteiger partial charge in [0.25, 0.3) is 5.91 Å². The number of amides is 2. The standard InChI is InChI=1S/C26H26N2O3/c1-31-22-14-7-9-19(17-22)18-24(29)27-25(21-11-3-2-4-12-21)26(30)28-16-8-13-20-10-5-6-15-23(20)28/h2-7,9-12,14-15,17,25H,8,13,16,18H2,1H3,(H,27,29). The monoisotopic (exact) mass is 414 g/mol. The van der Waals surface area contributed by atoms with Crippen molar-refractivity contribution in [2.75, 3.05) is 18.6 Å². The molecular formula is C26H26N2O3. The fraction of sp³-hybridized carbons (Fsp3) is 0.231. The first-order chi connectivity index (χ1) is 15.2. The molecule has 1 atom stereocenters. The Labute approximate surface area is 182 Å². The highest BCUT2D eigenvalue weighted by atomic mass is 16.5. The minimum atomic E-state index is -0.745. The third kappa shape index (κ3) is 4.77. The zero-order valence-corrected chi connectivity index (χ0v) is 17.6. The largest absolute Gasteiger partial charge is 0.497 e. The van der Waals surface area contributed by atoms with Crippen molar-refractivity contribution >= 4 is 17.5 Å². The van der Waals surface area contributed by atoms with Crippen LogP contribution < -0.4 is 15.0 Å². The Hall–Kier alpha value is -3.60. The molecule has 158 valence electrons. The summed E-state index contributed by atoms with van der Waals surface area (Å²) >= 11 is 0. The average Bonchev–Trinajstić information content (AvgIpc) is 2.82. The maximum Gasteiger partial charge on any atom is 0.254 e. The number of hydrogen-bond donors (Lipinski definition) is 1. The van der Waals surface area contributed by atoms with Crippen LogP contribution in [-0.4, -0.2) is 25.5 Å². The first-order valence-electron chi connectivity index (χ1n) is 10.5. The number of methoxy groups -OCH3 is 1. The van der Waals surface area contributed by atoms with E-state index in [9.17, 15) is 9.59 Å². The van der Waals surface area contributed by atoms with Crippen LogP contribution in [0, 0.1) is 0 Å². The fourth-order valence-electron chi connectivity index (χ4n) is 4.03. The van der Waals surface area contributed by atoms with Gasteiger partial charge in [-0.1, -0.05) is 60.7 Å². The molecule has 0 saturated carbocycles. The Morgan fingerprint density at radius 2 is 1.77 bits per heavy atom. The van der Waals surface area contributed by atoms with Crippen LogP contribution in [-0.2, 0) is 22.4 Å². The van der Waals surface area contributed by atoms with Gasteiger partial charge in [0.2, 0.25) is 5.91 Å². The summed E-state index contributed by atoms with van der Waals surface area (Å²) < 4.78 is 5.25. The van der Waals surface area contributed by atoms with Gasteiger partial charge in [0.05, 0.1) is 13.5 Å². The Bertz CT molecular complexity index is 1070. The van der Waals surface area contributed by atoms with Crippen LogP contribution >= 0.6 is 0 Å². The molecule has 1 aliphatic rings. The summed E-state index contributed by atoms with van der Waals surface area (Å²) in [5.41, 5.74) is 3.70. The molecule has 3 aromatic carbocycles. The molecule has 4 rings (SSSR count). The number of para-hydroxylation sites is 1. The summed E-state index contributed by atoms with van der Waals surface area (Å²) in [6, 6.07) is 24.1. The van der Waals surface area contributed by atoms with E-state index >= 15 is 0 Å². The second-order valence-corrected chi connectivity index (χ2v) is 7.66. The summed E-state index contributed by atoms with van der Waals surface area (Å²) in [7, 11) is 1.60. The van der Waals surface area contributed by atoms with Crippen LogP contribution in [0.1, 0.15) is 29.2 Å². The lowest BCUT2D eigenvalue weighted by atomic mass is 9.99. The highest BCUT2D eigenvalue weighted by Gasteiger charge is 2.30. The zero-order valence-electron chi connectivity index (χ0n) is 17.6. The summed E-state index contributed by atoms with van der Waals surface area (Å²) in [6.07, 6.45) is 2.03. The molecule has 5 heteroatoms. The van der Waals surface area contributed by atoms with E-state index in [1.54, 1.807) is 7.11 Å². The van der Waals surface area contributed by atoms with Gasteiger partial charge in [0.1, 0.15) is 11.8 Å². The minimum Gasteiger partial charge on any atom is -0.497 e. The zero-order chi connectivity index (χ0) is 21.6. The van der Waals surface area contributed by atoms with E-state index < -0.39 is 6.04 Å². The lowest BCUT2D eigenvalue weighted by molar-refractivity contribution is -0.127. The summed E-state index contributed by atoms with van der Waals surface area (Å²) in [6.45, 7) is 0.644. The predicted molar refractivity (Wildman–Crippen MR) is 121 cm³/mol. The van der Waals surface area contributed by atoms with Gasteiger partial charge in [-0.05, 0) is 47.7 Å². The van der Waals surface area contributed by atoms with Gasteiger partial charge in [-0.2, -0.15) is 0 Å². The van der Waals surface area contributed by atoms with Crippen molar-refractivity contribution in [3.05, 3.63) is 95.6 Å². The molecule has 1 heterocycles. The van der Waals surface area contributed by atoms with E-state index in [1.807, 2.05) is 77.7 Å². The Morgan fingerprint density at radius 1 is 1.00 bits per heavy atom. The van der Waals surface area contributed by atoms with E-state index in [4.69, 9.17) is 4.74 Å². The maximum atomic E-state index is 13.6. The van der Waals surface area contributed by atoms with Crippen LogP contribution in [0.2, 0.25) is 0 Å². The molecule has 3 aromatic rings. The van der Waals surface area contributed by atoms with Gasteiger partial charge in [0.15, 0.2) is 0 Å². The molecule has 0 saturated heterocycles. The smallest absolute Gasteiger partial charge is 0.254 e. The topological polar surface area (TPSA) is 58.6 Å². The third-order valence-electron chi connectivity index (χ3n) is 5.56. The van der Waals surface area contributed by atoms with E-state index in [0.29, 0.717) is 12.3 Å². The van der Waals surface area contributed by atoms with E-state index in [0.717, 1.165) is 35.2 Å². The number of rotatable bonds is 6. The second kappa shape index (κ2) is 9.47. The van der Waals surface area contributed by atoms with Gasteiger partial charge in [-0.25, -0.2) is 0 Å². The van der Waals surface area contributed by atoms with Crippen LogP contribution in [0.4, 0.5) is 5.69 Å². The Balaban J connectivity index is 1.58. The Morgan fingerprint density at radius 3 is 2.58 bits per heavy atom. The number of anilines is 1. The van der Waals surface area contributed by atoms with Crippen molar-refractivity contribution in [1.82, 2.24) is 5.32 Å². The predicted octanol–water partition coefficient (Wildman–Crippen LogP) is 4.07. The van der Waals surface area contributed by atoms with Crippen LogP contribution in [0.5, 0.6) is 5.75 Å². The van der Waals surface area contributed by atoms with Crippen molar-refractivity contribution in [3.63, 3.8) is 0 Å². The summed E-state index contributed by atoms with van der Waals surface area (Å²) in [4.78, 5) is 28.4. The Kier molecular flexibility index (Phi) is 6.32. The molecule has 31 heavy (non-hydrogen) atoms. The molecular weight excluding hydrogens is 388 g/mol. The van der Waals surface area contributed by atoms with Crippen molar-refractivity contribution in [1.29, 1.82) is 0 Å². The first-order valence-corrected chi connectivity index (χ1v) is 10.5. The average molecular weight is 415 g/mol. The molecule has 0 spiro atoms. The molecule has 0 radical (unpaired) electrons. The van der Waals surface area contributed by atoms with Crippen molar-refractivity contribution in [2.45, 2.75) is 25.3 Å². The van der Waals surface area contributed by atoms with Crippen molar-refractivity contribution in [2.24, 2.45) is 0 Å². The van der Waals surface area contributed by atoms with Gasteiger partial charge in [-0.3, -0.25) is 9.59 Å². The van der Waals surface area contributed by atoms with E-state index in [2.05, 4.69) is 11.4 Å². The van der Waals surface area contributed by atoms with Crippen LogP contribution in [0.25, 0.3) is 0 Å². The number of aryl methyl sites for hydroxylation is 1. The fourth-order valence-corrected chi connectivity index (χ4v) is 4.03. The molecule has 0 fully saturated rings. The first kappa shape index (κ1) is 20.7. The number of ether oxygens (including phenoxy) is 1. The molecule has 1 aliphatic heterocycles. The molecule has 0 aliphatic carbocycles. The summed E-state index contributed by atoms with van der Waals surface area (Å²) in [5, 5.41) is 2.98. The number of benzene rings is 3. The molecule has 0 aromatic heterocycles. The number of fused-ring (bicyclic) bond motifs is 1. The molecule has 5 nitrogen and oxygen atoms in total. The molecule has 0 bridgehead atoms. The SMILES string of the molecule is COc1cccc(CC(=O)NC(C(=O)N2CCCc3ccccc32)c2ccccc2)c1. The molecule has 1 unspecified atom stereocenters. The van der Waals surface area contributed by atoms with Gasteiger partial charge >= 0.3 is 0 Å². The van der Waals surface area contributed by atoms with Crippen LogP contribution in [0.15, 0.2) is 78.9 Å². The quantitative estimate of drug-likeness (QED) is 0.661. The van der Waals surface area contributed by atoms with Crippen molar-refractivity contribution < 1.29 is 14.3 Å². The van der Waals surface area contributed by atoms with Gasteiger partial charge in [-0.15, -0.1) is 0 Å². The molecule has 1 N–H and O–H groups in total. The van der Waals surface area contributed by atoms with Crippen molar-refractivity contribution in [3.8, 4) is 5.75 Å². The highest BCUT2D eigenvalue weighted by Crippen LogP contribution is 2.29. The lowest BCUT2D eigenvalue weighted by Gasteiger charge is -2.32. The molecule has 2 amide bonds. The highest BCUT2D eigenvalue weighted by molar-refractivity contribution is 6.00. The maximum absolute atomic E-state index is 13.6. The summed E-state index contributed by atoms with van der Waals surface area (Å²) in [5.74, 6) is 0.379. The normalized spacial score (nSPS) is 13.8. The minimum absolute atomic E-state index is 0.114. The van der Waals surface area contributed by atoms with E-state index in [1.165, 1.54) is 0 Å². The number of carbonyl (C=O) groups is 2. The lowest BCUT2D eigenvalue weighted by Crippen LogP contribution is -2.45. The van der Waals surface area contributed by atoms with Crippen LogP contribution in [0.3, 0.4) is 0 Å².